The largest absolute Gasteiger partial charge is 0.383 e. The van der Waals surface area contributed by atoms with Crippen molar-refractivity contribution in [2.24, 2.45) is 4.99 Å². The van der Waals surface area contributed by atoms with Crippen molar-refractivity contribution in [2.45, 2.75) is 13.5 Å². The Morgan fingerprint density at radius 3 is 2.70 bits per heavy atom. The molecule has 0 saturated carbocycles. The monoisotopic (exact) mass is 317 g/mol. The van der Waals surface area contributed by atoms with Crippen LogP contribution in [-0.2, 0) is 11.3 Å². The highest BCUT2D eigenvalue weighted by Gasteiger charge is 2.07. The topological polar surface area (TPSA) is 36.9 Å². The van der Waals surface area contributed by atoms with Crippen molar-refractivity contribution < 1.29 is 4.74 Å². The van der Waals surface area contributed by atoms with Crippen LogP contribution >= 0.6 is 23.2 Å². The van der Waals surface area contributed by atoms with Crippen LogP contribution in [0.5, 0.6) is 0 Å². The number of guanidine groups is 1. The highest BCUT2D eigenvalue weighted by atomic mass is 35.5. The molecule has 1 N–H and O–H groups in total. The second kappa shape index (κ2) is 9.06. The molecule has 1 aromatic carbocycles. The van der Waals surface area contributed by atoms with Gasteiger partial charge >= 0.3 is 0 Å². The van der Waals surface area contributed by atoms with Crippen molar-refractivity contribution in [2.75, 3.05) is 33.9 Å². The van der Waals surface area contributed by atoms with E-state index in [1.165, 1.54) is 0 Å². The molecular weight excluding hydrogens is 297 g/mol. The minimum absolute atomic E-state index is 0.568. The summed E-state index contributed by atoms with van der Waals surface area (Å²) < 4.78 is 5.01. The van der Waals surface area contributed by atoms with E-state index in [9.17, 15) is 0 Å². The molecule has 0 bridgehead atoms. The third kappa shape index (κ3) is 5.57. The van der Waals surface area contributed by atoms with E-state index in [4.69, 9.17) is 27.9 Å². The third-order valence-electron chi connectivity index (χ3n) is 2.66. The van der Waals surface area contributed by atoms with Crippen molar-refractivity contribution in [3.8, 4) is 0 Å². The fourth-order valence-electron chi connectivity index (χ4n) is 1.70. The molecule has 0 aliphatic carbocycles. The number of hydrogen-bond donors (Lipinski definition) is 1. The van der Waals surface area contributed by atoms with E-state index < -0.39 is 0 Å². The van der Waals surface area contributed by atoms with Gasteiger partial charge in [0.15, 0.2) is 5.96 Å². The summed E-state index contributed by atoms with van der Waals surface area (Å²) in [5.41, 5.74) is 1.08. The number of ether oxygens (including phenoxy) is 1. The van der Waals surface area contributed by atoms with Gasteiger partial charge in [-0.15, -0.1) is 0 Å². The van der Waals surface area contributed by atoms with Crippen LogP contribution < -0.4 is 5.32 Å². The normalized spacial score (nSPS) is 11.6. The molecule has 0 amide bonds. The van der Waals surface area contributed by atoms with Gasteiger partial charge in [-0.1, -0.05) is 29.3 Å². The third-order valence-corrected chi connectivity index (χ3v) is 3.40. The van der Waals surface area contributed by atoms with Crippen molar-refractivity contribution in [3.05, 3.63) is 33.8 Å². The van der Waals surface area contributed by atoms with E-state index in [0.717, 1.165) is 18.1 Å². The first kappa shape index (κ1) is 17.1. The maximum absolute atomic E-state index is 6.03. The lowest BCUT2D eigenvalue weighted by atomic mass is 10.2. The number of nitrogens with zero attached hydrogens (tertiary/aromatic N) is 2. The summed E-state index contributed by atoms with van der Waals surface area (Å²) >= 11 is 11.9. The van der Waals surface area contributed by atoms with E-state index >= 15 is 0 Å². The average Bonchev–Trinajstić information content (AvgIpc) is 2.42. The van der Waals surface area contributed by atoms with Crippen LogP contribution in [0.25, 0.3) is 0 Å². The lowest BCUT2D eigenvalue weighted by Crippen LogP contribution is -2.38. The van der Waals surface area contributed by atoms with Crippen molar-refractivity contribution >= 4 is 29.2 Å². The van der Waals surface area contributed by atoms with Gasteiger partial charge in [0.2, 0.25) is 0 Å². The number of rotatable bonds is 6. The maximum Gasteiger partial charge on any atom is 0.194 e. The van der Waals surface area contributed by atoms with Gasteiger partial charge in [0.05, 0.1) is 23.2 Å². The summed E-state index contributed by atoms with van der Waals surface area (Å²) in [5.74, 6) is 0.843. The smallest absolute Gasteiger partial charge is 0.194 e. The first-order chi connectivity index (χ1) is 9.58. The molecule has 0 heterocycles. The minimum Gasteiger partial charge on any atom is -0.383 e. The number of nitrogens with one attached hydrogen (secondary N) is 1. The molecule has 20 heavy (non-hydrogen) atoms. The van der Waals surface area contributed by atoms with Crippen LogP contribution in [0.4, 0.5) is 0 Å². The van der Waals surface area contributed by atoms with E-state index in [-0.39, 0.29) is 0 Å². The molecule has 0 saturated heterocycles. The van der Waals surface area contributed by atoms with Gasteiger partial charge in [-0.25, -0.2) is 0 Å². The molecule has 0 aliphatic heterocycles. The van der Waals surface area contributed by atoms with Gasteiger partial charge < -0.3 is 15.0 Å². The Balaban J connectivity index is 2.71. The lowest BCUT2D eigenvalue weighted by molar-refractivity contribution is 0.207. The Morgan fingerprint density at radius 1 is 1.35 bits per heavy atom. The van der Waals surface area contributed by atoms with Crippen LogP contribution in [0.2, 0.25) is 10.0 Å². The summed E-state index contributed by atoms with van der Waals surface area (Å²) in [6, 6.07) is 5.64. The van der Waals surface area contributed by atoms with Gasteiger partial charge in [0, 0.05) is 27.2 Å². The Hall–Kier alpha value is -0.970. The minimum atomic E-state index is 0.568. The molecule has 0 fully saturated rings. The fraction of sp³-hybridized carbons (Fsp3) is 0.500. The van der Waals surface area contributed by atoms with Crippen LogP contribution in [0.15, 0.2) is 23.2 Å². The summed E-state index contributed by atoms with van der Waals surface area (Å²) in [6.45, 7) is 4.80. The number of halogens is 2. The zero-order valence-corrected chi connectivity index (χ0v) is 13.6. The molecule has 1 aromatic rings. The Bertz CT molecular complexity index is 452. The van der Waals surface area contributed by atoms with Crippen LogP contribution in [0.3, 0.4) is 0 Å². The molecule has 0 aromatic heterocycles. The standard InChI is InChI=1S/C14H21Cl2N3O/c1-4-17-14(18-7-8-20-3)19(2)10-11-5-6-12(15)13(16)9-11/h5-6,9H,4,7-8,10H2,1-3H3,(H,17,18). The van der Waals surface area contributed by atoms with E-state index in [1.54, 1.807) is 7.11 Å². The summed E-state index contributed by atoms with van der Waals surface area (Å²) in [7, 11) is 3.65. The summed E-state index contributed by atoms with van der Waals surface area (Å²) in [4.78, 5) is 6.53. The number of aliphatic imine (C=N–C) groups is 1. The highest BCUT2D eigenvalue weighted by molar-refractivity contribution is 6.42. The Kier molecular flexibility index (Phi) is 7.73. The SMILES string of the molecule is CCNC(=NCCOC)N(C)Cc1ccc(Cl)c(Cl)c1. The molecule has 4 nitrogen and oxygen atoms in total. The van der Waals surface area contributed by atoms with Gasteiger partial charge in [0.25, 0.3) is 0 Å². The lowest BCUT2D eigenvalue weighted by Gasteiger charge is -2.22. The molecule has 0 spiro atoms. The van der Waals surface area contributed by atoms with E-state index in [1.807, 2.05) is 37.1 Å². The quantitative estimate of drug-likeness (QED) is 0.498. The molecule has 0 radical (unpaired) electrons. The van der Waals surface area contributed by atoms with E-state index in [0.29, 0.717) is 29.7 Å². The second-order valence-electron chi connectivity index (χ2n) is 4.33. The van der Waals surface area contributed by atoms with Crippen LogP contribution in [-0.4, -0.2) is 44.7 Å². The maximum atomic E-state index is 6.03. The molecule has 0 atom stereocenters. The van der Waals surface area contributed by atoms with Gasteiger partial charge in [-0.3, -0.25) is 4.99 Å². The second-order valence-corrected chi connectivity index (χ2v) is 5.15. The Labute approximate surface area is 130 Å². The zero-order valence-electron chi connectivity index (χ0n) is 12.1. The molecule has 0 aliphatic rings. The zero-order chi connectivity index (χ0) is 15.0. The molecule has 0 unspecified atom stereocenters. The van der Waals surface area contributed by atoms with Gasteiger partial charge in [0.1, 0.15) is 0 Å². The van der Waals surface area contributed by atoms with Crippen LogP contribution in [0.1, 0.15) is 12.5 Å². The van der Waals surface area contributed by atoms with Crippen LogP contribution in [0, 0.1) is 0 Å². The van der Waals surface area contributed by atoms with Crippen molar-refractivity contribution in [1.29, 1.82) is 0 Å². The molecule has 6 heteroatoms. The first-order valence-electron chi connectivity index (χ1n) is 6.50. The number of hydrogen-bond acceptors (Lipinski definition) is 2. The molecular formula is C14H21Cl2N3O. The summed E-state index contributed by atoms with van der Waals surface area (Å²) in [5, 5.41) is 4.39. The van der Waals surface area contributed by atoms with Gasteiger partial charge in [-0.05, 0) is 24.6 Å². The van der Waals surface area contributed by atoms with Gasteiger partial charge in [-0.2, -0.15) is 0 Å². The molecule has 112 valence electrons. The summed E-state index contributed by atoms with van der Waals surface area (Å²) in [6.07, 6.45) is 0. The molecule has 1 rings (SSSR count). The Morgan fingerprint density at radius 2 is 2.10 bits per heavy atom. The predicted molar refractivity (Wildman–Crippen MR) is 85.8 cm³/mol. The predicted octanol–water partition coefficient (Wildman–Crippen LogP) is 3.04. The van der Waals surface area contributed by atoms with Crippen molar-refractivity contribution in [1.82, 2.24) is 10.2 Å². The van der Waals surface area contributed by atoms with Crippen molar-refractivity contribution in [3.63, 3.8) is 0 Å². The number of benzene rings is 1. The van der Waals surface area contributed by atoms with E-state index in [2.05, 4.69) is 10.3 Å². The number of methoxy groups -OCH3 is 1. The average molecular weight is 318 g/mol. The highest BCUT2D eigenvalue weighted by Crippen LogP contribution is 2.23. The first-order valence-corrected chi connectivity index (χ1v) is 7.26. The fourth-order valence-corrected chi connectivity index (χ4v) is 2.02.